The van der Waals surface area contributed by atoms with E-state index in [0.717, 1.165) is 68.0 Å². The number of aliphatic hydroxyl groups excluding tert-OH is 2. The molecule has 0 aliphatic carbocycles. The lowest BCUT2D eigenvalue weighted by Gasteiger charge is -2.41. The second-order valence-electron chi connectivity index (χ2n) is 16.3. The second-order valence-corrected chi connectivity index (χ2v) is 16.7. The molecule has 0 radical (unpaired) electrons. The molecular weight excluding hydrogens is 776 g/mol. The summed E-state index contributed by atoms with van der Waals surface area (Å²) in [5, 5.41) is 35.5. The summed E-state index contributed by atoms with van der Waals surface area (Å²) in [6.07, 6.45) is 5.31. The van der Waals surface area contributed by atoms with Gasteiger partial charge in [0.2, 0.25) is 11.9 Å². The number of carbonyl (C=O) groups is 2. The van der Waals surface area contributed by atoms with Crippen molar-refractivity contribution in [1.82, 2.24) is 40.3 Å². The normalized spacial score (nSPS) is 23.7. The van der Waals surface area contributed by atoms with E-state index in [0.29, 0.717) is 52.6 Å². The molecule has 2 amide bonds. The largest absolute Gasteiger partial charge is 0.483 e. The molecular formula is C41H53ClN12O5. The van der Waals surface area contributed by atoms with Crippen LogP contribution in [0.2, 0.25) is 5.02 Å². The molecule has 59 heavy (non-hydrogen) atoms. The lowest BCUT2D eigenvalue weighted by Crippen LogP contribution is -2.53. The summed E-state index contributed by atoms with van der Waals surface area (Å²) in [6, 6.07) is 8.50. The van der Waals surface area contributed by atoms with Crippen molar-refractivity contribution >= 4 is 69.4 Å². The number of aliphatic hydroxyl groups is 2. The van der Waals surface area contributed by atoms with Crippen LogP contribution in [0.5, 0.6) is 0 Å². The Bertz CT molecular complexity index is 2250. The van der Waals surface area contributed by atoms with Gasteiger partial charge >= 0.3 is 0 Å². The average molecular weight is 829 g/mol. The molecule has 18 heteroatoms. The molecule has 3 unspecified atom stereocenters. The van der Waals surface area contributed by atoms with Crippen LogP contribution in [0.3, 0.4) is 0 Å². The first-order valence-electron chi connectivity index (χ1n) is 20.4. The molecule has 7 heterocycles. The maximum absolute atomic E-state index is 12.7. The number of piperazine rings is 1. The predicted octanol–water partition coefficient (Wildman–Crippen LogP) is 3.15. The summed E-state index contributed by atoms with van der Waals surface area (Å²) in [7, 11) is 3.46. The molecule has 8 rings (SSSR count). The van der Waals surface area contributed by atoms with E-state index in [9.17, 15) is 19.8 Å². The van der Waals surface area contributed by atoms with Crippen molar-refractivity contribution in [3.8, 4) is 0 Å². The van der Waals surface area contributed by atoms with Crippen molar-refractivity contribution in [3.05, 3.63) is 58.7 Å². The van der Waals surface area contributed by atoms with Gasteiger partial charge in [0, 0.05) is 82.1 Å². The molecule has 1 aromatic carbocycles. The maximum atomic E-state index is 12.7. The number of fused-ring (bicyclic) bond motifs is 2. The fourth-order valence-electron chi connectivity index (χ4n) is 8.72. The zero-order valence-electron chi connectivity index (χ0n) is 34.1. The van der Waals surface area contributed by atoms with E-state index >= 15 is 0 Å². The smallest absolute Gasteiger partial charge is 0.257 e. The quantitative estimate of drug-likeness (QED) is 0.148. The van der Waals surface area contributed by atoms with Gasteiger partial charge in [-0.2, -0.15) is 10.1 Å². The van der Waals surface area contributed by atoms with Crippen LogP contribution in [0.4, 0.5) is 29.0 Å². The van der Waals surface area contributed by atoms with Crippen LogP contribution in [0.15, 0.2) is 42.4 Å². The molecule has 4 aliphatic heterocycles. The number of ether oxygens (including phenoxy) is 1. The highest BCUT2D eigenvalue weighted by Crippen LogP contribution is 2.37. The highest BCUT2D eigenvalue weighted by molar-refractivity contribution is 6.32. The summed E-state index contributed by atoms with van der Waals surface area (Å²) >= 11 is 6.63. The summed E-state index contributed by atoms with van der Waals surface area (Å²) in [5.41, 5.74) is 4.28. The summed E-state index contributed by atoms with van der Waals surface area (Å²) in [5.74, 6) is 1.58. The Balaban J connectivity index is 0.890. The molecule has 3 saturated heterocycles. The first kappa shape index (κ1) is 40.5. The highest BCUT2D eigenvalue weighted by atomic mass is 35.5. The molecule has 4 aromatic rings. The van der Waals surface area contributed by atoms with Gasteiger partial charge in [-0.05, 0) is 76.3 Å². The molecule has 314 valence electrons. The Labute approximate surface area is 348 Å². The number of nitrogens with zero attached hydrogens (tertiary/aromatic N) is 9. The van der Waals surface area contributed by atoms with E-state index in [1.165, 1.54) is 7.05 Å². The highest BCUT2D eigenvalue weighted by Gasteiger charge is 2.35. The molecule has 0 bridgehead atoms. The van der Waals surface area contributed by atoms with Gasteiger partial charge < -0.3 is 45.6 Å². The zero-order chi connectivity index (χ0) is 41.5. The number of piperidine rings is 1. The van der Waals surface area contributed by atoms with Crippen LogP contribution < -0.4 is 30.7 Å². The van der Waals surface area contributed by atoms with Crippen molar-refractivity contribution in [1.29, 1.82) is 0 Å². The minimum atomic E-state index is -1.09. The topological polar surface area (TPSA) is 189 Å². The Morgan fingerprint density at radius 1 is 1.07 bits per heavy atom. The SMILES string of the molecule is CNC(=O)COC1=Cc2cc(Nc3nc(N4CCN(C[C@@H]5CCN(c6ccc7c(C8CCC(O)NC8=O)nn(C)c7c6)C5)[C@@H](C)C4)ncc3Cl)cnc2N(C(C)C)C1O. The van der Waals surface area contributed by atoms with Gasteiger partial charge in [-0.15, -0.1) is 0 Å². The van der Waals surface area contributed by atoms with Gasteiger partial charge in [-0.1, -0.05) is 11.6 Å². The van der Waals surface area contributed by atoms with Crippen molar-refractivity contribution in [2.24, 2.45) is 13.0 Å². The molecule has 4 aliphatic rings. The second kappa shape index (κ2) is 16.8. The van der Waals surface area contributed by atoms with Gasteiger partial charge in [-0.3, -0.25) is 19.2 Å². The summed E-state index contributed by atoms with van der Waals surface area (Å²) in [6.45, 7) is 11.3. The van der Waals surface area contributed by atoms with E-state index in [1.54, 1.807) is 23.4 Å². The van der Waals surface area contributed by atoms with Crippen molar-refractivity contribution in [3.63, 3.8) is 0 Å². The number of nitrogens with one attached hydrogen (secondary N) is 3. The number of aromatic nitrogens is 5. The van der Waals surface area contributed by atoms with Crippen LogP contribution in [-0.2, 0) is 21.4 Å². The fraction of sp³-hybridized carbons (Fsp3) is 0.512. The van der Waals surface area contributed by atoms with Gasteiger partial charge in [0.15, 0.2) is 18.7 Å². The Kier molecular flexibility index (Phi) is 11.5. The van der Waals surface area contributed by atoms with Crippen LogP contribution in [-0.4, -0.2) is 129 Å². The molecule has 0 saturated carbocycles. The average Bonchev–Trinajstić information content (AvgIpc) is 3.82. The molecule has 3 aromatic heterocycles. The lowest BCUT2D eigenvalue weighted by atomic mass is 9.92. The number of hydrogen-bond acceptors (Lipinski definition) is 14. The molecule has 17 nitrogen and oxygen atoms in total. The van der Waals surface area contributed by atoms with E-state index in [4.69, 9.17) is 26.4 Å². The van der Waals surface area contributed by atoms with Crippen LogP contribution in [0, 0.1) is 5.92 Å². The number of rotatable bonds is 11. The van der Waals surface area contributed by atoms with Gasteiger partial charge in [0.05, 0.1) is 35.2 Å². The van der Waals surface area contributed by atoms with E-state index in [1.807, 2.05) is 31.6 Å². The third-order valence-corrected chi connectivity index (χ3v) is 12.2. The monoisotopic (exact) mass is 828 g/mol. The number of anilines is 5. The number of benzene rings is 1. The fourth-order valence-corrected chi connectivity index (χ4v) is 8.86. The Hall–Kier alpha value is -5.23. The zero-order valence-corrected chi connectivity index (χ0v) is 34.9. The third-order valence-electron chi connectivity index (χ3n) is 11.9. The van der Waals surface area contributed by atoms with Crippen LogP contribution >= 0.6 is 11.6 Å². The number of amides is 2. The molecule has 5 N–H and O–H groups in total. The van der Waals surface area contributed by atoms with Crippen molar-refractivity contribution in [2.75, 3.05) is 72.9 Å². The number of carbonyl (C=O) groups excluding carboxylic acids is 2. The third kappa shape index (κ3) is 8.33. The number of pyridine rings is 1. The van der Waals surface area contributed by atoms with Crippen LogP contribution in [0.1, 0.15) is 57.2 Å². The first-order valence-corrected chi connectivity index (χ1v) is 20.7. The van der Waals surface area contributed by atoms with E-state index in [-0.39, 0.29) is 42.2 Å². The number of likely N-dealkylation sites (N-methyl/N-ethyl adjacent to an activating group) is 1. The van der Waals surface area contributed by atoms with Gasteiger partial charge in [0.1, 0.15) is 22.8 Å². The van der Waals surface area contributed by atoms with Crippen molar-refractivity contribution in [2.45, 2.75) is 70.5 Å². The number of halogens is 1. The van der Waals surface area contributed by atoms with Gasteiger partial charge in [-0.25, -0.2) is 9.97 Å². The Morgan fingerprint density at radius 2 is 1.90 bits per heavy atom. The molecule has 0 spiro atoms. The van der Waals surface area contributed by atoms with E-state index < -0.39 is 12.5 Å². The van der Waals surface area contributed by atoms with E-state index in [2.05, 4.69) is 65.7 Å². The Morgan fingerprint density at radius 3 is 2.66 bits per heavy atom. The minimum Gasteiger partial charge on any atom is -0.483 e. The molecule has 3 fully saturated rings. The maximum Gasteiger partial charge on any atom is 0.257 e. The van der Waals surface area contributed by atoms with Crippen LogP contribution in [0.25, 0.3) is 17.0 Å². The summed E-state index contributed by atoms with van der Waals surface area (Å²) in [4.78, 5) is 47.6. The van der Waals surface area contributed by atoms with Gasteiger partial charge in [0.25, 0.3) is 5.91 Å². The van der Waals surface area contributed by atoms with Crippen molar-refractivity contribution < 1.29 is 24.5 Å². The number of hydrogen-bond donors (Lipinski definition) is 5. The standard InChI is InChI=1S/C41H53ClN12O5/c1-23(2)54-38-26(15-33(40(54)58)59-22-35(56)43-4)14-27(17-44-38)46-37-31(42)18-45-41(48-37)53-13-12-51(24(3)19-53)20-25-10-11-52(21-25)28-6-7-29-32(16-28)50(5)49-36(29)30-8-9-34(55)47-39(30)57/h6-7,14-18,23-25,30,34,40,55,58H,8-13,19-22H2,1-5H3,(H,43,56)(H,47,57)(H,45,46,48)/t24-,25-,30?,34?,40?/m0/s1. The summed E-state index contributed by atoms with van der Waals surface area (Å²) < 4.78 is 7.56. The first-order chi connectivity index (χ1) is 28.4. The number of aryl methyl sites for hydroxylation is 1. The lowest BCUT2D eigenvalue weighted by molar-refractivity contribution is -0.128. The molecule has 5 atom stereocenters. The predicted molar refractivity (Wildman–Crippen MR) is 227 cm³/mol. The minimum absolute atomic E-state index is 0.0996.